The van der Waals surface area contributed by atoms with Crippen molar-refractivity contribution in [2.45, 2.75) is 24.8 Å². The van der Waals surface area contributed by atoms with E-state index in [9.17, 15) is 8.60 Å². The van der Waals surface area contributed by atoms with Gasteiger partial charge in [-0.2, -0.15) is 0 Å². The molecule has 2 aromatic carbocycles. The molecule has 2 N–H and O–H groups in total. The van der Waals surface area contributed by atoms with Crippen LogP contribution in [0.25, 0.3) is 0 Å². The van der Waals surface area contributed by atoms with E-state index in [1.54, 1.807) is 20.0 Å². The molecule has 26 heavy (non-hydrogen) atoms. The van der Waals surface area contributed by atoms with Crippen LogP contribution >= 0.6 is 24.0 Å². The topological polar surface area (TPSA) is 53.5 Å². The Morgan fingerprint density at radius 2 is 1.92 bits per heavy atom. The van der Waals surface area contributed by atoms with Crippen LogP contribution in [0.4, 0.5) is 4.39 Å². The smallest absolute Gasteiger partial charge is 0.191 e. The largest absolute Gasteiger partial charge is 0.355 e. The first-order valence-electron chi connectivity index (χ1n) is 8.18. The lowest BCUT2D eigenvalue weighted by atomic mass is 10.1. The van der Waals surface area contributed by atoms with E-state index in [0.717, 1.165) is 10.5 Å². The molecule has 4 nitrogen and oxygen atoms in total. The Morgan fingerprint density at radius 1 is 1.23 bits per heavy atom. The van der Waals surface area contributed by atoms with Crippen molar-refractivity contribution in [1.82, 2.24) is 10.6 Å². The predicted octanol–water partition coefficient (Wildman–Crippen LogP) is 3.79. The Labute approximate surface area is 174 Å². The summed E-state index contributed by atoms with van der Waals surface area (Å²) in [5.74, 6) is 0.865. The molecule has 2 aromatic rings. The van der Waals surface area contributed by atoms with Crippen molar-refractivity contribution >= 4 is 40.7 Å². The average Bonchev–Trinajstić information content (AvgIpc) is 2.63. The van der Waals surface area contributed by atoms with Crippen LogP contribution < -0.4 is 10.6 Å². The zero-order valence-electron chi connectivity index (χ0n) is 15.2. The van der Waals surface area contributed by atoms with Gasteiger partial charge in [0, 0.05) is 24.2 Å². The zero-order chi connectivity index (χ0) is 18.2. The van der Waals surface area contributed by atoms with Crippen LogP contribution in [0.2, 0.25) is 0 Å². The molecule has 0 aliphatic heterocycles. The van der Waals surface area contributed by atoms with Crippen LogP contribution in [-0.4, -0.2) is 29.5 Å². The monoisotopic (exact) mass is 489 g/mol. The van der Waals surface area contributed by atoms with Crippen LogP contribution in [-0.2, 0) is 10.8 Å². The van der Waals surface area contributed by atoms with Crippen molar-refractivity contribution in [3.05, 3.63) is 65.5 Å². The average molecular weight is 489 g/mol. The Hall–Kier alpha value is -1.48. The normalized spacial score (nSPS) is 13.5. The maximum atomic E-state index is 13.7. The lowest BCUT2D eigenvalue weighted by Crippen LogP contribution is -2.40. The molecule has 0 fully saturated rings. The van der Waals surface area contributed by atoms with Crippen molar-refractivity contribution in [2.24, 2.45) is 4.99 Å². The number of rotatable bonds is 6. The first kappa shape index (κ1) is 22.6. The molecule has 7 heteroatoms. The van der Waals surface area contributed by atoms with Gasteiger partial charge in [-0.1, -0.05) is 30.3 Å². The molecule has 2 unspecified atom stereocenters. The van der Waals surface area contributed by atoms with Crippen LogP contribution in [0.3, 0.4) is 0 Å². The molecule has 142 valence electrons. The SMILES string of the molecule is CN=C(NCCS(=O)c1ccccc1)NC(C)c1ccc(C)c(F)c1.I. The fourth-order valence-electron chi connectivity index (χ4n) is 2.31. The molecule has 0 bridgehead atoms. The molecular formula is C19H25FIN3OS. The zero-order valence-corrected chi connectivity index (χ0v) is 18.3. The lowest BCUT2D eigenvalue weighted by molar-refractivity contribution is 0.607. The minimum atomic E-state index is -1.05. The maximum Gasteiger partial charge on any atom is 0.191 e. The molecule has 0 spiro atoms. The summed E-state index contributed by atoms with van der Waals surface area (Å²) in [4.78, 5) is 4.98. The van der Waals surface area contributed by atoms with Crippen molar-refractivity contribution < 1.29 is 8.60 Å². The van der Waals surface area contributed by atoms with E-state index in [4.69, 9.17) is 0 Å². The van der Waals surface area contributed by atoms with Gasteiger partial charge < -0.3 is 10.6 Å². The van der Waals surface area contributed by atoms with Crippen molar-refractivity contribution in [3.8, 4) is 0 Å². The number of aryl methyl sites for hydroxylation is 1. The van der Waals surface area contributed by atoms with Gasteiger partial charge in [0.25, 0.3) is 0 Å². The highest BCUT2D eigenvalue weighted by atomic mass is 127. The molecule has 2 atom stereocenters. The highest BCUT2D eigenvalue weighted by Gasteiger charge is 2.10. The summed E-state index contributed by atoms with van der Waals surface area (Å²) in [5.41, 5.74) is 1.47. The molecule has 2 rings (SSSR count). The van der Waals surface area contributed by atoms with Gasteiger partial charge >= 0.3 is 0 Å². The molecule has 0 amide bonds. The van der Waals surface area contributed by atoms with Gasteiger partial charge in [0.1, 0.15) is 5.82 Å². The van der Waals surface area contributed by atoms with Crippen molar-refractivity contribution in [2.75, 3.05) is 19.3 Å². The molecule has 0 aliphatic carbocycles. The minimum absolute atomic E-state index is 0. The first-order valence-corrected chi connectivity index (χ1v) is 9.50. The van der Waals surface area contributed by atoms with Gasteiger partial charge in [-0.3, -0.25) is 9.20 Å². The fraction of sp³-hybridized carbons (Fsp3) is 0.316. The van der Waals surface area contributed by atoms with Gasteiger partial charge in [0.2, 0.25) is 0 Å². The molecule has 0 radical (unpaired) electrons. The highest BCUT2D eigenvalue weighted by Crippen LogP contribution is 2.16. The first-order chi connectivity index (χ1) is 12.0. The van der Waals surface area contributed by atoms with E-state index in [2.05, 4.69) is 15.6 Å². The van der Waals surface area contributed by atoms with Gasteiger partial charge in [-0.05, 0) is 43.2 Å². The molecule has 0 heterocycles. The molecular weight excluding hydrogens is 464 g/mol. The number of guanidine groups is 1. The molecule has 0 saturated carbocycles. The summed E-state index contributed by atoms with van der Waals surface area (Å²) >= 11 is 0. The second-order valence-electron chi connectivity index (χ2n) is 5.74. The maximum absolute atomic E-state index is 13.7. The van der Waals surface area contributed by atoms with Gasteiger partial charge in [0.05, 0.1) is 16.8 Å². The highest BCUT2D eigenvalue weighted by molar-refractivity contribution is 14.0. The molecule has 0 aromatic heterocycles. The number of hydrogen-bond acceptors (Lipinski definition) is 2. The Bertz CT molecular complexity index is 756. The Balaban J connectivity index is 0.00000338. The lowest BCUT2D eigenvalue weighted by Gasteiger charge is -2.18. The number of halogens is 2. The van der Waals surface area contributed by atoms with Crippen molar-refractivity contribution in [1.29, 1.82) is 0 Å². The summed E-state index contributed by atoms with van der Waals surface area (Å²) in [6.07, 6.45) is 0. The van der Waals surface area contributed by atoms with Crippen LogP contribution in [0.5, 0.6) is 0 Å². The Kier molecular flexibility index (Phi) is 9.79. The summed E-state index contributed by atoms with van der Waals surface area (Å²) in [5, 5.41) is 6.37. The van der Waals surface area contributed by atoms with E-state index in [1.807, 2.05) is 43.3 Å². The fourth-order valence-corrected chi connectivity index (χ4v) is 3.30. The van der Waals surface area contributed by atoms with Crippen LogP contribution in [0.1, 0.15) is 24.1 Å². The predicted molar refractivity (Wildman–Crippen MR) is 117 cm³/mol. The van der Waals surface area contributed by atoms with Gasteiger partial charge in [0.15, 0.2) is 5.96 Å². The quantitative estimate of drug-likeness (QED) is 0.369. The number of hydrogen-bond donors (Lipinski definition) is 2. The minimum Gasteiger partial charge on any atom is -0.355 e. The number of aliphatic imine (C=N–C) groups is 1. The van der Waals surface area contributed by atoms with Crippen LogP contribution in [0, 0.1) is 12.7 Å². The second-order valence-corrected chi connectivity index (χ2v) is 7.31. The summed E-state index contributed by atoms with van der Waals surface area (Å²) in [6, 6.07) is 14.5. The standard InChI is InChI=1S/C19H24FN3OS.HI/c1-14-9-10-16(13-18(14)20)15(2)23-19(21-3)22-11-12-25(24)17-7-5-4-6-8-17;/h4-10,13,15H,11-12H2,1-3H3,(H2,21,22,23);1H. The van der Waals surface area contributed by atoms with E-state index < -0.39 is 10.8 Å². The van der Waals surface area contributed by atoms with Gasteiger partial charge in [-0.15, -0.1) is 24.0 Å². The van der Waals surface area contributed by atoms with E-state index in [-0.39, 0.29) is 35.8 Å². The Morgan fingerprint density at radius 3 is 2.54 bits per heavy atom. The number of nitrogens with one attached hydrogen (secondary N) is 2. The van der Waals surface area contributed by atoms with Gasteiger partial charge in [-0.25, -0.2) is 4.39 Å². The third kappa shape index (κ3) is 6.68. The number of nitrogens with zero attached hydrogens (tertiary/aromatic N) is 1. The summed E-state index contributed by atoms with van der Waals surface area (Å²) < 4.78 is 25.9. The summed E-state index contributed by atoms with van der Waals surface area (Å²) in [6.45, 7) is 4.21. The van der Waals surface area contributed by atoms with E-state index in [0.29, 0.717) is 23.8 Å². The molecule has 0 aliphatic rings. The van der Waals surface area contributed by atoms with E-state index in [1.165, 1.54) is 6.07 Å². The van der Waals surface area contributed by atoms with Crippen LogP contribution in [0.15, 0.2) is 58.4 Å². The van der Waals surface area contributed by atoms with Crippen molar-refractivity contribution in [3.63, 3.8) is 0 Å². The summed E-state index contributed by atoms with van der Waals surface area (Å²) in [7, 11) is 0.621. The molecule has 0 saturated heterocycles. The second kappa shape index (κ2) is 11.3. The third-order valence-electron chi connectivity index (χ3n) is 3.86. The van der Waals surface area contributed by atoms with E-state index >= 15 is 0 Å². The third-order valence-corrected chi connectivity index (χ3v) is 5.23. The number of benzene rings is 2.